The Morgan fingerprint density at radius 3 is 2.41 bits per heavy atom. The highest BCUT2D eigenvalue weighted by molar-refractivity contribution is 7.93. The second kappa shape index (κ2) is 6.67. The molecule has 8 heteroatoms. The third-order valence-electron chi connectivity index (χ3n) is 3.97. The fourth-order valence-corrected chi connectivity index (χ4v) is 6.00. The molecule has 2 aromatic heterocycles. The van der Waals surface area contributed by atoms with E-state index in [1.807, 2.05) is 0 Å². The number of pyridine rings is 1. The van der Waals surface area contributed by atoms with Gasteiger partial charge in [0.05, 0.1) is 4.90 Å². The maximum atomic E-state index is 13.6. The first kappa shape index (κ1) is 18.0. The lowest BCUT2D eigenvalue weighted by atomic mass is 10.1. The molecule has 4 aromatic rings. The first-order valence-electron chi connectivity index (χ1n) is 7.72. The molecule has 0 spiro atoms. The Morgan fingerprint density at radius 1 is 0.963 bits per heavy atom. The molecule has 0 unspecified atom stereocenters. The fraction of sp³-hybridized carbons (Fsp3) is 0. The van der Waals surface area contributed by atoms with Gasteiger partial charge >= 0.3 is 0 Å². The van der Waals surface area contributed by atoms with Crippen LogP contribution in [-0.4, -0.2) is 13.4 Å². The lowest BCUT2D eigenvalue weighted by Crippen LogP contribution is -2.01. The van der Waals surface area contributed by atoms with Crippen LogP contribution in [0.15, 0.2) is 69.8 Å². The lowest BCUT2D eigenvalue weighted by molar-refractivity contribution is 0.589. The van der Waals surface area contributed by atoms with Gasteiger partial charge in [-0.25, -0.2) is 17.8 Å². The zero-order valence-electron chi connectivity index (χ0n) is 13.5. The van der Waals surface area contributed by atoms with E-state index in [0.717, 1.165) is 17.4 Å². The van der Waals surface area contributed by atoms with Gasteiger partial charge in [0.25, 0.3) is 0 Å². The predicted octanol–water partition coefficient (Wildman–Crippen LogP) is 5.73. The van der Waals surface area contributed by atoms with Crippen molar-refractivity contribution in [1.29, 1.82) is 0 Å². The van der Waals surface area contributed by atoms with Gasteiger partial charge in [0.2, 0.25) is 15.8 Å². The molecule has 27 heavy (non-hydrogen) atoms. The van der Waals surface area contributed by atoms with E-state index in [4.69, 9.17) is 11.6 Å². The minimum atomic E-state index is -4.04. The van der Waals surface area contributed by atoms with Crippen molar-refractivity contribution in [2.45, 2.75) is 9.10 Å². The van der Waals surface area contributed by atoms with Crippen LogP contribution in [0.25, 0.3) is 21.3 Å². The third-order valence-corrected chi connectivity index (χ3v) is 7.59. The van der Waals surface area contributed by atoms with Gasteiger partial charge < -0.3 is 0 Å². The number of hydrogen-bond donors (Lipinski definition) is 0. The molecule has 0 atom stereocenters. The van der Waals surface area contributed by atoms with E-state index in [0.29, 0.717) is 21.5 Å². The molecule has 136 valence electrons. The van der Waals surface area contributed by atoms with E-state index in [9.17, 15) is 17.2 Å². The summed E-state index contributed by atoms with van der Waals surface area (Å²) in [6, 6.07) is 14.1. The zero-order chi connectivity index (χ0) is 19.2. The summed E-state index contributed by atoms with van der Waals surface area (Å²) >= 11 is 6.79. The van der Waals surface area contributed by atoms with E-state index in [-0.39, 0.29) is 13.9 Å². The Kier molecular flexibility index (Phi) is 4.46. The second-order valence-corrected chi connectivity index (χ2v) is 9.30. The van der Waals surface area contributed by atoms with Gasteiger partial charge in [-0.2, -0.15) is 4.39 Å². The van der Waals surface area contributed by atoms with Gasteiger partial charge in [-0.3, -0.25) is 0 Å². The van der Waals surface area contributed by atoms with Crippen molar-refractivity contribution in [3.63, 3.8) is 0 Å². The summed E-state index contributed by atoms with van der Waals surface area (Å²) < 4.78 is 53.6. The molecule has 3 nitrogen and oxygen atoms in total. The summed E-state index contributed by atoms with van der Waals surface area (Å²) in [5, 5.41) is 0.996. The van der Waals surface area contributed by atoms with Gasteiger partial charge in [-0.15, -0.1) is 11.3 Å². The average Bonchev–Trinajstić information content (AvgIpc) is 3.01. The van der Waals surface area contributed by atoms with E-state index in [1.54, 1.807) is 24.3 Å². The minimum absolute atomic E-state index is 0.0245. The molecule has 2 heterocycles. The third kappa shape index (κ3) is 3.22. The monoisotopic (exact) mass is 421 g/mol. The van der Waals surface area contributed by atoms with E-state index >= 15 is 0 Å². The molecule has 0 fully saturated rings. The molecule has 0 aliphatic carbocycles. The Bertz CT molecular complexity index is 1270. The highest BCUT2D eigenvalue weighted by Crippen LogP contribution is 2.43. The molecule has 0 bridgehead atoms. The standard InChI is InChI=1S/C19H10ClF2NO2S2/c20-12-6-4-11(5-7-12)17-15-8-9-16(22)23-18(15)26-19(17)27(24,25)14-3-1-2-13(21)10-14/h1-10H. The Hall–Kier alpha value is -2.35. The van der Waals surface area contributed by atoms with Crippen molar-refractivity contribution in [3.05, 3.63) is 77.5 Å². The normalized spacial score (nSPS) is 11.8. The molecule has 4 rings (SSSR count). The lowest BCUT2D eigenvalue weighted by Gasteiger charge is -2.07. The molecule has 0 radical (unpaired) electrons. The van der Waals surface area contributed by atoms with Gasteiger partial charge in [-0.05, 0) is 48.0 Å². The molecule has 0 N–H and O–H groups in total. The van der Waals surface area contributed by atoms with Crippen molar-refractivity contribution >= 4 is 43.0 Å². The van der Waals surface area contributed by atoms with Gasteiger partial charge in [0.15, 0.2) is 0 Å². The highest BCUT2D eigenvalue weighted by Gasteiger charge is 2.28. The van der Waals surface area contributed by atoms with Crippen molar-refractivity contribution < 1.29 is 17.2 Å². The Labute approximate surface area is 162 Å². The summed E-state index contributed by atoms with van der Waals surface area (Å²) in [6.07, 6.45) is 0. The molecule has 0 amide bonds. The van der Waals surface area contributed by atoms with Crippen LogP contribution < -0.4 is 0 Å². The fourth-order valence-electron chi connectivity index (χ4n) is 2.76. The SMILES string of the molecule is O=S(=O)(c1cccc(F)c1)c1sc2nc(F)ccc2c1-c1ccc(Cl)cc1. The number of thiophene rings is 1. The number of rotatable bonds is 3. The van der Waals surface area contributed by atoms with Crippen LogP contribution in [0.1, 0.15) is 0 Å². The Balaban J connectivity index is 2.05. The summed E-state index contributed by atoms with van der Waals surface area (Å²) in [5.74, 6) is -1.37. The van der Waals surface area contributed by atoms with Crippen LogP contribution in [0.4, 0.5) is 8.78 Å². The quantitative estimate of drug-likeness (QED) is 0.397. The summed E-state index contributed by atoms with van der Waals surface area (Å²) in [4.78, 5) is 3.88. The van der Waals surface area contributed by atoms with Crippen molar-refractivity contribution in [2.24, 2.45) is 0 Å². The molecular formula is C19H10ClF2NO2S2. The first-order valence-corrected chi connectivity index (χ1v) is 10.4. The van der Waals surface area contributed by atoms with Gasteiger partial charge in [0, 0.05) is 16.0 Å². The maximum Gasteiger partial charge on any atom is 0.216 e. The maximum absolute atomic E-state index is 13.6. The summed E-state index contributed by atoms with van der Waals surface area (Å²) in [6.45, 7) is 0. The number of sulfone groups is 1. The van der Waals surface area contributed by atoms with Gasteiger partial charge in [0.1, 0.15) is 14.9 Å². The van der Waals surface area contributed by atoms with Crippen molar-refractivity contribution in [2.75, 3.05) is 0 Å². The average molecular weight is 422 g/mol. The topological polar surface area (TPSA) is 47.0 Å². The van der Waals surface area contributed by atoms with E-state index in [1.165, 1.54) is 30.3 Å². The van der Waals surface area contributed by atoms with E-state index in [2.05, 4.69) is 4.98 Å². The largest absolute Gasteiger partial charge is 0.218 e. The summed E-state index contributed by atoms with van der Waals surface area (Å²) in [5.41, 5.74) is 0.984. The van der Waals surface area contributed by atoms with Crippen LogP contribution in [0.3, 0.4) is 0 Å². The Morgan fingerprint density at radius 2 is 1.70 bits per heavy atom. The zero-order valence-corrected chi connectivity index (χ0v) is 15.9. The van der Waals surface area contributed by atoms with Crippen LogP contribution in [0, 0.1) is 11.8 Å². The molecule has 0 aliphatic rings. The molecule has 0 saturated carbocycles. The first-order chi connectivity index (χ1) is 12.9. The van der Waals surface area contributed by atoms with Crippen molar-refractivity contribution in [1.82, 2.24) is 4.98 Å². The number of halogens is 3. The molecular weight excluding hydrogens is 412 g/mol. The minimum Gasteiger partial charge on any atom is -0.218 e. The van der Waals surface area contributed by atoms with Crippen LogP contribution in [-0.2, 0) is 9.84 Å². The predicted molar refractivity (Wildman–Crippen MR) is 102 cm³/mol. The van der Waals surface area contributed by atoms with E-state index < -0.39 is 21.6 Å². The molecule has 0 saturated heterocycles. The summed E-state index contributed by atoms with van der Waals surface area (Å²) in [7, 11) is -4.04. The second-order valence-electron chi connectivity index (χ2n) is 5.72. The number of fused-ring (bicyclic) bond motifs is 1. The smallest absolute Gasteiger partial charge is 0.216 e. The van der Waals surface area contributed by atoms with Crippen LogP contribution >= 0.6 is 22.9 Å². The van der Waals surface area contributed by atoms with Crippen LogP contribution in [0.2, 0.25) is 5.02 Å². The van der Waals surface area contributed by atoms with Crippen LogP contribution in [0.5, 0.6) is 0 Å². The number of benzene rings is 2. The van der Waals surface area contributed by atoms with Crippen molar-refractivity contribution in [3.8, 4) is 11.1 Å². The highest BCUT2D eigenvalue weighted by atomic mass is 35.5. The number of nitrogens with zero attached hydrogens (tertiary/aromatic N) is 1. The number of hydrogen-bond acceptors (Lipinski definition) is 4. The van der Waals surface area contributed by atoms with Gasteiger partial charge in [-0.1, -0.05) is 29.8 Å². The molecule has 0 aliphatic heterocycles. The number of aromatic nitrogens is 1. The molecule has 2 aromatic carbocycles.